The quantitative estimate of drug-likeness (QED) is 0.474. The Balaban J connectivity index is 0.00000220. The summed E-state index contributed by atoms with van der Waals surface area (Å²) in [6.07, 6.45) is 0. The molecule has 0 unspecified atom stereocenters. The van der Waals surface area contributed by atoms with Crippen LogP contribution in [0, 0.1) is 0 Å². The number of halogens is 1. The maximum atomic E-state index is 6.01. The first kappa shape index (κ1) is 18.0. The molecule has 1 aromatic rings. The number of hydrogen-bond donors (Lipinski definition) is 1. The Hall–Kier alpha value is -1.02. The highest BCUT2D eigenvalue weighted by Crippen LogP contribution is 2.18. The third-order valence-corrected chi connectivity index (χ3v) is 3.09. The van der Waals surface area contributed by atoms with Crippen molar-refractivity contribution in [2.75, 3.05) is 32.8 Å². The van der Waals surface area contributed by atoms with E-state index in [2.05, 4.69) is 4.99 Å². The zero-order valence-corrected chi connectivity index (χ0v) is 14.9. The van der Waals surface area contributed by atoms with Gasteiger partial charge in [-0.3, -0.25) is 0 Å². The lowest BCUT2D eigenvalue weighted by molar-refractivity contribution is 0.0669. The van der Waals surface area contributed by atoms with Crippen LogP contribution in [0.15, 0.2) is 35.3 Å². The molecule has 5 nitrogen and oxygen atoms in total. The minimum Gasteiger partial charge on any atom is -0.486 e. The van der Waals surface area contributed by atoms with Gasteiger partial charge in [0.2, 0.25) is 0 Å². The first-order chi connectivity index (χ1) is 9.57. The van der Waals surface area contributed by atoms with Gasteiger partial charge in [-0.25, -0.2) is 4.99 Å². The molecule has 6 heteroatoms. The van der Waals surface area contributed by atoms with Gasteiger partial charge in [0, 0.05) is 13.1 Å². The van der Waals surface area contributed by atoms with Gasteiger partial charge in [0.05, 0.1) is 19.8 Å². The number of hydrogen-bond acceptors (Lipinski definition) is 3. The van der Waals surface area contributed by atoms with E-state index in [1.165, 1.54) is 0 Å². The smallest absolute Gasteiger partial charge is 0.191 e. The molecule has 0 bridgehead atoms. The summed E-state index contributed by atoms with van der Waals surface area (Å²) in [6.45, 7) is 7.56. The van der Waals surface area contributed by atoms with Gasteiger partial charge in [0.15, 0.2) is 5.96 Å². The Kier molecular flexibility index (Phi) is 7.24. The number of ether oxygens (including phenoxy) is 2. The van der Waals surface area contributed by atoms with Gasteiger partial charge in [-0.05, 0) is 26.0 Å². The van der Waals surface area contributed by atoms with Crippen LogP contribution in [0.3, 0.4) is 0 Å². The molecule has 0 saturated carbocycles. The summed E-state index contributed by atoms with van der Waals surface area (Å²) in [4.78, 5) is 6.50. The van der Waals surface area contributed by atoms with Crippen molar-refractivity contribution >= 4 is 29.9 Å². The van der Waals surface area contributed by atoms with E-state index in [1.807, 2.05) is 49.1 Å². The SMILES string of the molecule is CC(C)(CN=C(N)N1CCOCC1)Oc1ccccc1.I. The van der Waals surface area contributed by atoms with E-state index in [0.717, 1.165) is 18.8 Å². The first-order valence-corrected chi connectivity index (χ1v) is 6.93. The minimum absolute atomic E-state index is 0. The fourth-order valence-corrected chi connectivity index (χ4v) is 2.00. The molecule has 1 aromatic carbocycles. The van der Waals surface area contributed by atoms with Gasteiger partial charge >= 0.3 is 0 Å². The number of benzene rings is 1. The van der Waals surface area contributed by atoms with Crippen LogP contribution in [0.25, 0.3) is 0 Å². The topological polar surface area (TPSA) is 60.1 Å². The summed E-state index contributed by atoms with van der Waals surface area (Å²) in [5.41, 5.74) is 5.62. The minimum atomic E-state index is -0.391. The molecule has 0 atom stereocenters. The molecule has 0 spiro atoms. The monoisotopic (exact) mass is 405 g/mol. The van der Waals surface area contributed by atoms with Crippen molar-refractivity contribution < 1.29 is 9.47 Å². The predicted octanol–water partition coefficient (Wildman–Crippen LogP) is 2.11. The van der Waals surface area contributed by atoms with E-state index >= 15 is 0 Å². The van der Waals surface area contributed by atoms with Crippen LogP contribution in [0.5, 0.6) is 5.75 Å². The summed E-state index contributed by atoms with van der Waals surface area (Å²) >= 11 is 0. The molecular formula is C15H24IN3O2. The molecule has 2 rings (SSSR count). The molecule has 1 aliphatic heterocycles. The van der Waals surface area contributed by atoms with Crippen LogP contribution in [-0.4, -0.2) is 49.3 Å². The van der Waals surface area contributed by atoms with Gasteiger partial charge in [0.25, 0.3) is 0 Å². The van der Waals surface area contributed by atoms with E-state index in [-0.39, 0.29) is 24.0 Å². The summed E-state index contributed by atoms with van der Waals surface area (Å²) in [6, 6.07) is 9.76. The van der Waals surface area contributed by atoms with Crippen molar-refractivity contribution in [3.8, 4) is 5.75 Å². The maximum absolute atomic E-state index is 6.01. The zero-order valence-electron chi connectivity index (χ0n) is 12.6. The van der Waals surface area contributed by atoms with Crippen LogP contribution in [0.1, 0.15) is 13.8 Å². The number of aliphatic imine (C=N–C) groups is 1. The number of para-hydroxylation sites is 1. The van der Waals surface area contributed by atoms with Crippen LogP contribution in [0.4, 0.5) is 0 Å². The number of guanidine groups is 1. The Morgan fingerprint density at radius 1 is 1.29 bits per heavy atom. The maximum Gasteiger partial charge on any atom is 0.191 e. The highest BCUT2D eigenvalue weighted by atomic mass is 127. The molecule has 0 radical (unpaired) electrons. The number of nitrogens with two attached hydrogens (primary N) is 1. The second-order valence-corrected chi connectivity index (χ2v) is 5.45. The predicted molar refractivity (Wildman–Crippen MR) is 95.4 cm³/mol. The summed E-state index contributed by atoms with van der Waals surface area (Å²) in [5, 5.41) is 0. The van der Waals surface area contributed by atoms with Gasteiger partial charge < -0.3 is 20.1 Å². The van der Waals surface area contributed by atoms with Crippen molar-refractivity contribution in [2.24, 2.45) is 10.7 Å². The normalized spacial score (nSPS) is 16.3. The molecule has 0 amide bonds. The third kappa shape index (κ3) is 6.09. The molecule has 0 aliphatic carbocycles. The van der Waals surface area contributed by atoms with Crippen molar-refractivity contribution in [1.82, 2.24) is 4.90 Å². The molecular weight excluding hydrogens is 381 g/mol. The Labute approximate surface area is 143 Å². The number of nitrogens with zero attached hydrogens (tertiary/aromatic N) is 2. The van der Waals surface area contributed by atoms with E-state index < -0.39 is 5.60 Å². The van der Waals surface area contributed by atoms with E-state index in [4.69, 9.17) is 15.2 Å². The average molecular weight is 405 g/mol. The van der Waals surface area contributed by atoms with E-state index in [0.29, 0.717) is 25.7 Å². The molecule has 1 saturated heterocycles. The van der Waals surface area contributed by atoms with Gasteiger partial charge in [-0.2, -0.15) is 0 Å². The van der Waals surface area contributed by atoms with Crippen LogP contribution in [0.2, 0.25) is 0 Å². The fourth-order valence-electron chi connectivity index (χ4n) is 2.00. The molecule has 0 aromatic heterocycles. The fraction of sp³-hybridized carbons (Fsp3) is 0.533. The summed E-state index contributed by atoms with van der Waals surface area (Å²) in [7, 11) is 0. The van der Waals surface area contributed by atoms with Crippen molar-refractivity contribution in [3.05, 3.63) is 30.3 Å². The van der Waals surface area contributed by atoms with Gasteiger partial charge in [-0.1, -0.05) is 18.2 Å². The van der Waals surface area contributed by atoms with E-state index in [9.17, 15) is 0 Å². The molecule has 118 valence electrons. The summed E-state index contributed by atoms with van der Waals surface area (Å²) in [5.74, 6) is 1.41. The lowest BCUT2D eigenvalue weighted by Gasteiger charge is -2.29. The zero-order chi connectivity index (χ0) is 14.4. The van der Waals surface area contributed by atoms with Crippen LogP contribution < -0.4 is 10.5 Å². The van der Waals surface area contributed by atoms with Gasteiger partial charge in [-0.15, -0.1) is 24.0 Å². The molecule has 2 N–H and O–H groups in total. The lowest BCUT2D eigenvalue weighted by Crippen LogP contribution is -2.45. The first-order valence-electron chi connectivity index (χ1n) is 6.93. The highest BCUT2D eigenvalue weighted by Gasteiger charge is 2.20. The average Bonchev–Trinajstić information content (AvgIpc) is 2.46. The molecule has 1 fully saturated rings. The number of rotatable bonds is 4. The highest BCUT2D eigenvalue weighted by molar-refractivity contribution is 14.0. The summed E-state index contributed by atoms with van der Waals surface area (Å²) < 4.78 is 11.2. The Bertz CT molecular complexity index is 445. The van der Waals surface area contributed by atoms with Gasteiger partial charge in [0.1, 0.15) is 11.4 Å². The molecule has 1 heterocycles. The Morgan fingerprint density at radius 2 is 1.90 bits per heavy atom. The second kappa shape index (κ2) is 8.43. The lowest BCUT2D eigenvalue weighted by atomic mass is 10.1. The molecule has 21 heavy (non-hydrogen) atoms. The second-order valence-electron chi connectivity index (χ2n) is 5.45. The van der Waals surface area contributed by atoms with Crippen LogP contribution >= 0.6 is 24.0 Å². The van der Waals surface area contributed by atoms with Crippen molar-refractivity contribution in [2.45, 2.75) is 19.4 Å². The van der Waals surface area contributed by atoms with Crippen molar-refractivity contribution in [1.29, 1.82) is 0 Å². The van der Waals surface area contributed by atoms with Crippen molar-refractivity contribution in [3.63, 3.8) is 0 Å². The standard InChI is InChI=1S/C15H23N3O2.HI/c1-15(2,20-13-6-4-3-5-7-13)12-17-14(16)18-8-10-19-11-9-18;/h3-7H,8-12H2,1-2H3,(H2,16,17);1H. The Morgan fingerprint density at radius 3 is 2.52 bits per heavy atom. The third-order valence-electron chi connectivity index (χ3n) is 3.09. The molecule has 1 aliphatic rings. The van der Waals surface area contributed by atoms with Crippen LogP contribution in [-0.2, 0) is 4.74 Å². The largest absolute Gasteiger partial charge is 0.486 e. The van der Waals surface area contributed by atoms with E-state index in [1.54, 1.807) is 0 Å². The number of morpholine rings is 1.